The van der Waals surface area contributed by atoms with Gasteiger partial charge in [-0.3, -0.25) is 4.79 Å². The molecular formula is C15H12BrFN2O3. The maximum Gasteiger partial charge on any atom is 0.326 e. The summed E-state index contributed by atoms with van der Waals surface area (Å²) in [5.41, 5.74) is 0.714. The van der Waals surface area contributed by atoms with Gasteiger partial charge in [0, 0.05) is 18.2 Å². The number of aliphatic carboxylic acids is 1. The van der Waals surface area contributed by atoms with Crippen molar-refractivity contribution in [2.24, 2.45) is 0 Å². The summed E-state index contributed by atoms with van der Waals surface area (Å²) in [5, 5.41) is 11.6. The number of nitrogens with zero attached hydrogens (tertiary/aromatic N) is 1. The molecule has 22 heavy (non-hydrogen) atoms. The molecule has 0 fully saturated rings. The molecule has 0 saturated heterocycles. The first-order chi connectivity index (χ1) is 10.5. The van der Waals surface area contributed by atoms with Gasteiger partial charge in [-0.2, -0.15) is 0 Å². The monoisotopic (exact) mass is 366 g/mol. The maximum atomic E-state index is 13.1. The molecule has 1 aromatic heterocycles. The number of halogens is 2. The number of carboxylic acid groups (broad SMARTS) is 1. The van der Waals surface area contributed by atoms with Gasteiger partial charge >= 0.3 is 5.97 Å². The quantitative estimate of drug-likeness (QED) is 0.796. The Morgan fingerprint density at radius 1 is 1.32 bits per heavy atom. The molecule has 5 nitrogen and oxygen atoms in total. The van der Waals surface area contributed by atoms with Gasteiger partial charge in [0.2, 0.25) is 0 Å². The Balaban J connectivity index is 2.14. The number of rotatable bonds is 5. The Kier molecular flexibility index (Phi) is 5.21. The van der Waals surface area contributed by atoms with Gasteiger partial charge in [0.25, 0.3) is 5.91 Å². The summed E-state index contributed by atoms with van der Waals surface area (Å²) in [5.74, 6) is -2.39. The largest absolute Gasteiger partial charge is 0.480 e. The third kappa shape index (κ3) is 4.11. The molecule has 0 radical (unpaired) electrons. The molecule has 0 aliphatic carbocycles. The maximum absolute atomic E-state index is 13.1. The average Bonchev–Trinajstić information content (AvgIpc) is 2.48. The number of amides is 1. The molecule has 7 heteroatoms. The van der Waals surface area contributed by atoms with Crippen LogP contribution in [0.2, 0.25) is 0 Å². The molecule has 2 rings (SSSR count). The second kappa shape index (κ2) is 7.13. The van der Waals surface area contributed by atoms with Gasteiger partial charge in [0.1, 0.15) is 16.5 Å². The molecule has 1 atom stereocenters. The fourth-order valence-electron chi connectivity index (χ4n) is 1.86. The van der Waals surface area contributed by atoms with E-state index in [0.717, 1.165) is 6.07 Å². The summed E-state index contributed by atoms with van der Waals surface area (Å²) in [4.78, 5) is 27.3. The van der Waals surface area contributed by atoms with Crippen molar-refractivity contribution >= 4 is 27.8 Å². The SMILES string of the molecule is O=C(N[C@H](Cc1cccnc1Br)C(=O)O)c1cccc(F)c1. The lowest BCUT2D eigenvalue weighted by Crippen LogP contribution is -2.42. The second-order valence-electron chi connectivity index (χ2n) is 4.53. The average molecular weight is 367 g/mol. The number of carbonyl (C=O) groups is 2. The molecule has 1 amide bonds. The first-order valence-corrected chi connectivity index (χ1v) is 7.15. The number of benzene rings is 1. The van der Waals surface area contributed by atoms with Crippen LogP contribution in [0.1, 0.15) is 15.9 Å². The molecular weight excluding hydrogens is 355 g/mol. The molecule has 0 aliphatic rings. The van der Waals surface area contributed by atoms with Crippen LogP contribution in [0.4, 0.5) is 4.39 Å². The number of pyridine rings is 1. The third-order valence-electron chi connectivity index (χ3n) is 2.95. The Labute approximate surface area is 134 Å². The number of hydrogen-bond acceptors (Lipinski definition) is 3. The minimum atomic E-state index is -1.18. The van der Waals surface area contributed by atoms with E-state index in [2.05, 4.69) is 26.2 Å². The van der Waals surface area contributed by atoms with Crippen molar-refractivity contribution < 1.29 is 19.1 Å². The van der Waals surface area contributed by atoms with Crippen molar-refractivity contribution in [1.82, 2.24) is 10.3 Å². The van der Waals surface area contributed by atoms with Crippen molar-refractivity contribution in [1.29, 1.82) is 0 Å². The van der Waals surface area contributed by atoms with Crippen molar-refractivity contribution in [3.8, 4) is 0 Å². The van der Waals surface area contributed by atoms with Crippen LogP contribution < -0.4 is 5.32 Å². The van der Waals surface area contributed by atoms with Crippen molar-refractivity contribution in [3.05, 3.63) is 64.1 Å². The lowest BCUT2D eigenvalue weighted by atomic mass is 10.1. The lowest BCUT2D eigenvalue weighted by molar-refractivity contribution is -0.139. The highest BCUT2D eigenvalue weighted by Gasteiger charge is 2.22. The van der Waals surface area contributed by atoms with Crippen LogP contribution in [0.25, 0.3) is 0 Å². The summed E-state index contributed by atoms with van der Waals surface area (Å²) >= 11 is 3.23. The van der Waals surface area contributed by atoms with E-state index in [1.165, 1.54) is 18.2 Å². The van der Waals surface area contributed by atoms with E-state index in [1.807, 2.05) is 0 Å². The molecule has 0 spiro atoms. The van der Waals surface area contributed by atoms with E-state index < -0.39 is 23.7 Å². The Hall–Kier alpha value is -2.28. The number of carboxylic acids is 1. The highest BCUT2D eigenvalue weighted by molar-refractivity contribution is 9.10. The zero-order valence-electron chi connectivity index (χ0n) is 11.3. The molecule has 2 N–H and O–H groups in total. The fraction of sp³-hybridized carbons (Fsp3) is 0.133. The highest BCUT2D eigenvalue weighted by atomic mass is 79.9. The summed E-state index contributed by atoms with van der Waals surface area (Å²) in [6.45, 7) is 0. The number of aromatic nitrogens is 1. The third-order valence-corrected chi connectivity index (χ3v) is 3.66. The fourth-order valence-corrected chi connectivity index (χ4v) is 2.28. The van der Waals surface area contributed by atoms with E-state index in [4.69, 9.17) is 0 Å². The van der Waals surface area contributed by atoms with Crippen LogP contribution in [0.15, 0.2) is 47.2 Å². The number of nitrogens with one attached hydrogen (secondary N) is 1. The topological polar surface area (TPSA) is 79.3 Å². The van der Waals surface area contributed by atoms with Gasteiger partial charge < -0.3 is 10.4 Å². The van der Waals surface area contributed by atoms with E-state index >= 15 is 0 Å². The van der Waals surface area contributed by atoms with Gasteiger partial charge in [-0.05, 0) is 45.8 Å². The Morgan fingerprint density at radius 2 is 2.09 bits per heavy atom. The lowest BCUT2D eigenvalue weighted by Gasteiger charge is -2.15. The van der Waals surface area contributed by atoms with Crippen LogP contribution in [0.5, 0.6) is 0 Å². The highest BCUT2D eigenvalue weighted by Crippen LogP contribution is 2.15. The molecule has 1 heterocycles. The van der Waals surface area contributed by atoms with E-state index in [-0.39, 0.29) is 12.0 Å². The Bertz CT molecular complexity index is 709. The standard InChI is InChI=1S/C15H12BrFN2O3/c16-13-9(4-2-6-18-13)8-12(15(21)22)19-14(20)10-3-1-5-11(17)7-10/h1-7,12H,8H2,(H,19,20)(H,21,22)/t12-/m1/s1. The summed E-state index contributed by atoms with van der Waals surface area (Å²) in [6, 6.07) is 7.30. The first kappa shape index (κ1) is 16.1. The molecule has 0 aliphatic heterocycles. The zero-order valence-corrected chi connectivity index (χ0v) is 12.9. The minimum absolute atomic E-state index is 0.0603. The molecule has 114 valence electrons. The molecule has 1 aromatic carbocycles. The van der Waals surface area contributed by atoms with Crippen LogP contribution in [-0.2, 0) is 11.2 Å². The van der Waals surface area contributed by atoms with E-state index in [1.54, 1.807) is 18.3 Å². The normalized spacial score (nSPS) is 11.7. The van der Waals surface area contributed by atoms with Gasteiger partial charge in [-0.1, -0.05) is 12.1 Å². The van der Waals surface area contributed by atoms with Crippen LogP contribution in [0.3, 0.4) is 0 Å². The van der Waals surface area contributed by atoms with E-state index in [0.29, 0.717) is 10.2 Å². The van der Waals surface area contributed by atoms with Gasteiger partial charge in [0.05, 0.1) is 0 Å². The van der Waals surface area contributed by atoms with Gasteiger partial charge in [-0.25, -0.2) is 14.2 Å². The van der Waals surface area contributed by atoms with E-state index in [9.17, 15) is 19.1 Å². The van der Waals surface area contributed by atoms with Gasteiger partial charge in [0.15, 0.2) is 0 Å². The van der Waals surface area contributed by atoms with Crippen molar-refractivity contribution in [2.75, 3.05) is 0 Å². The summed E-state index contributed by atoms with van der Waals surface area (Å²) in [6.07, 6.45) is 1.62. The van der Waals surface area contributed by atoms with Crippen molar-refractivity contribution in [3.63, 3.8) is 0 Å². The second-order valence-corrected chi connectivity index (χ2v) is 5.28. The van der Waals surface area contributed by atoms with Crippen LogP contribution in [0, 0.1) is 5.82 Å². The molecule has 0 unspecified atom stereocenters. The predicted octanol–water partition coefficient (Wildman–Crippen LogP) is 2.41. The number of hydrogen-bond donors (Lipinski definition) is 2. The summed E-state index contributed by atoms with van der Waals surface area (Å²) < 4.78 is 13.6. The van der Waals surface area contributed by atoms with Gasteiger partial charge in [-0.15, -0.1) is 0 Å². The first-order valence-electron chi connectivity index (χ1n) is 6.36. The Morgan fingerprint density at radius 3 is 2.73 bits per heavy atom. The number of carbonyl (C=O) groups excluding carboxylic acids is 1. The molecule has 2 aromatic rings. The predicted molar refractivity (Wildman–Crippen MR) is 80.9 cm³/mol. The smallest absolute Gasteiger partial charge is 0.326 e. The molecule has 0 bridgehead atoms. The molecule has 0 saturated carbocycles. The van der Waals surface area contributed by atoms with Crippen LogP contribution in [-0.4, -0.2) is 28.0 Å². The zero-order chi connectivity index (χ0) is 16.1. The minimum Gasteiger partial charge on any atom is -0.480 e. The summed E-state index contributed by atoms with van der Waals surface area (Å²) in [7, 11) is 0. The van der Waals surface area contributed by atoms with Crippen molar-refractivity contribution in [2.45, 2.75) is 12.5 Å². The van der Waals surface area contributed by atoms with Crippen LogP contribution >= 0.6 is 15.9 Å².